The molecular formula is C54H35NOS. The van der Waals surface area contributed by atoms with Gasteiger partial charge in [0.25, 0.3) is 0 Å². The maximum Gasteiger partial charge on any atom is 0.135 e. The summed E-state index contributed by atoms with van der Waals surface area (Å²) in [4.78, 5) is 2.40. The second kappa shape index (κ2) is 13.8. The Morgan fingerprint density at radius 2 is 0.772 bits per heavy atom. The van der Waals surface area contributed by atoms with Crippen molar-refractivity contribution in [3.05, 3.63) is 212 Å². The van der Waals surface area contributed by atoms with E-state index >= 15 is 0 Å². The summed E-state index contributed by atoms with van der Waals surface area (Å²) < 4.78 is 8.65. The minimum absolute atomic E-state index is 0.917. The predicted octanol–water partition coefficient (Wildman–Crippen LogP) is 16.1. The standard InChI is InChI=1S/C54H35NOS/c1-4-12-36(13-5-1)42-30-43(37-14-6-2-7-15-37)32-46(31-42)55(44-16-8-3-9-17-44)45-26-29-54-50(35-45)49-34-41(25-28-53(49)57-54)39-22-20-38(21-23-39)40-24-27-52-48(33-40)47-18-10-11-19-51(47)56-52/h1-35H. The highest BCUT2D eigenvalue weighted by Crippen LogP contribution is 2.44. The minimum atomic E-state index is 0.917. The Hall–Kier alpha value is -7.20. The van der Waals surface area contributed by atoms with E-state index in [1.54, 1.807) is 0 Å². The molecule has 0 spiro atoms. The lowest BCUT2D eigenvalue weighted by molar-refractivity contribution is 0.669. The summed E-state index contributed by atoms with van der Waals surface area (Å²) in [6, 6.07) is 76.6. The van der Waals surface area contributed by atoms with E-state index in [1.807, 2.05) is 23.5 Å². The number of thiophene rings is 1. The van der Waals surface area contributed by atoms with Gasteiger partial charge in [-0.3, -0.25) is 0 Å². The van der Waals surface area contributed by atoms with Crippen molar-refractivity contribution in [2.75, 3.05) is 4.90 Å². The smallest absolute Gasteiger partial charge is 0.135 e. The summed E-state index contributed by atoms with van der Waals surface area (Å²) >= 11 is 1.85. The van der Waals surface area contributed by atoms with Crippen LogP contribution in [0.5, 0.6) is 0 Å². The second-order valence-electron chi connectivity index (χ2n) is 14.6. The molecule has 2 aromatic heterocycles. The van der Waals surface area contributed by atoms with Crippen LogP contribution in [0, 0.1) is 0 Å². The molecule has 2 nitrogen and oxygen atoms in total. The fourth-order valence-corrected chi connectivity index (χ4v) is 9.27. The lowest BCUT2D eigenvalue weighted by Gasteiger charge is -2.27. The zero-order valence-corrected chi connectivity index (χ0v) is 31.8. The number of fused-ring (bicyclic) bond motifs is 6. The number of hydrogen-bond acceptors (Lipinski definition) is 3. The first-order valence-corrected chi connectivity index (χ1v) is 20.1. The zero-order chi connectivity index (χ0) is 37.7. The van der Waals surface area contributed by atoms with Crippen molar-refractivity contribution in [3.63, 3.8) is 0 Å². The number of furan rings is 1. The zero-order valence-electron chi connectivity index (χ0n) is 31.0. The fourth-order valence-electron chi connectivity index (χ4n) is 8.20. The van der Waals surface area contributed by atoms with Gasteiger partial charge in [-0.05, 0) is 123 Å². The molecule has 0 atom stereocenters. The molecule has 0 unspecified atom stereocenters. The third kappa shape index (κ3) is 6.06. The highest BCUT2D eigenvalue weighted by molar-refractivity contribution is 7.25. The maximum atomic E-state index is 6.09. The quantitative estimate of drug-likeness (QED) is 0.162. The number of anilines is 3. The van der Waals surface area contributed by atoms with E-state index in [0.29, 0.717) is 0 Å². The molecule has 2 heterocycles. The van der Waals surface area contributed by atoms with Gasteiger partial charge in [0.15, 0.2) is 0 Å². The van der Waals surface area contributed by atoms with E-state index < -0.39 is 0 Å². The molecule has 0 saturated heterocycles. The molecule has 0 bridgehead atoms. The Bertz CT molecular complexity index is 3160. The van der Waals surface area contributed by atoms with Crippen LogP contribution in [0.1, 0.15) is 0 Å². The molecule has 57 heavy (non-hydrogen) atoms. The van der Waals surface area contributed by atoms with Gasteiger partial charge in [-0.2, -0.15) is 0 Å². The third-order valence-corrected chi connectivity index (χ3v) is 12.2. The molecule has 268 valence electrons. The van der Waals surface area contributed by atoms with E-state index in [4.69, 9.17) is 4.42 Å². The Morgan fingerprint density at radius 3 is 1.44 bits per heavy atom. The van der Waals surface area contributed by atoms with Crippen LogP contribution in [0.4, 0.5) is 17.1 Å². The molecule has 9 aromatic carbocycles. The molecule has 3 heteroatoms. The largest absolute Gasteiger partial charge is 0.456 e. The van der Waals surface area contributed by atoms with E-state index in [2.05, 4.69) is 205 Å². The summed E-state index contributed by atoms with van der Waals surface area (Å²) in [5.41, 5.74) is 14.7. The fraction of sp³-hybridized carbons (Fsp3) is 0. The van der Waals surface area contributed by atoms with Gasteiger partial charge >= 0.3 is 0 Å². The first-order chi connectivity index (χ1) is 28.2. The maximum absolute atomic E-state index is 6.09. The van der Waals surface area contributed by atoms with Crippen molar-refractivity contribution in [1.82, 2.24) is 0 Å². The number of hydrogen-bond donors (Lipinski definition) is 0. The first kappa shape index (κ1) is 33.2. The molecule has 0 aliphatic rings. The van der Waals surface area contributed by atoms with Crippen LogP contribution >= 0.6 is 11.3 Å². The van der Waals surface area contributed by atoms with Gasteiger partial charge < -0.3 is 9.32 Å². The van der Waals surface area contributed by atoms with Crippen molar-refractivity contribution in [1.29, 1.82) is 0 Å². The van der Waals surface area contributed by atoms with Crippen LogP contribution in [0.3, 0.4) is 0 Å². The summed E-state index contributed by atoms with van der Waals surface area (Å²) in [5, 5.41) is 4.82. The highest BCUT2D eigenvalue weighted by atomic mass is 32.1. The second-order valence-corrected chi connectivity index (χ2v) is 15.6. The molecular weight excluding hydrogens is 711 g/mol. The average Bonchev–Trinajstić information content (AvgIpc) is 3.85. The van der Waals surface area contributed by atoms with Crippen LogP contribution in [0.15, 0.2) is 217 Å². The monoisotopic (exact) mass is 745 g/mol. The van der Waals surface area contributed by atoms with Crippen LogP contribution < -0.4 is 4.90 Å². The summed E-state index contributed by atoms with van der Waals surface area (Å²) in [5.74, 6) is 0. The Balaban J connectivity index is 1.00. The molecule has 0 aliphatic heterocycles. The Labute approximate surface area is 335 Å². The van der Waals surface area contributed by atoms with E-state index in [-0.39, 0.29) is 0 Å². The molecule has 0 fully saturated rings. The summed E-state index contributed by atoms with van der Waals surface area (Å²) in [6.45, 7) is 0. The van der Waals surface area contributed by atoms with Gasteiger partial charge in [0.2, 0.25) is 0 Å². The average molecular weight is 746 g/mol. The predicted molar refractivity (Wildman–Crippen MR) is 243 cm³/mol. The van der Waals surface area contributed by atoms with Crippen LogP contribution in [-0.4, -0.2) is 0 Å². The number of nitrogens with zero attached hydrogens (tertiary/aromatic N) is 1. The van der Waals surface area contributed by atoms with Crippen molar-refractivity contribution >= 4 is 70.5 Å². The molecule has 0 aliphatic carbocycles. The number of para-hydroxylation sites is 2. The topological polar surface area (TPSA) is 16.4 Å². The lowest BCUT2D eigenvalue weighted by Crippen LogP contribution is -2.10. The third-order valence-electron chi connectivity index (χ3n) is 11.0. The van der Waals surface area contributed by atoms with Crippen molar-refractivity contribution < 1.29 is 4.42 Å². The number of benzene rings is 9. The molecule has 0 radical (unpaired) electrons. The van der Waals surface area contributed by atoms with E-state index in [9.17, 15) is 0 Å². The molecule has 11 aromatic rings. The van der Waals surface area contributed by atoms with Gasteiger partial charge in [0.05, 0.1) is 0 Å². The van der Waals surface area contributed by atoms with Crippen LogP contribution in [0.2, 0.25) is 0 Å². The van der Waals surface area contributed by atoms with E-state index in [0.717, 1.165) is 39.0 Å². The normalized spacial score (nSPS) is 11.5. The molecule has 0 amide bonds. The lowest BCUT2D eigenvalue weighted by atomic mass is 9.97. The molecule has 0 saturated carbocycles. The van der Waals surface area contributed by atoms with Crippen molar-refractivity contribution in [3.8, 4) is 44.5 Å². The van der Waals surface area contributed by atoms with Crippen molar-refractivity contribution in [2.24, 2.45) is 0 Å². The van der Waals surface area contributed by atoms with Gasteiger partial charge in [-0.15, -0.1) is 11.3 Å². The minimum Gasteiger partial charge on any atom is -0.456 e. The van der Waals surface area contributed by atoms with Crippen LogP contribution in [0.25, 0.3) is 86.6 Å². The van der Waals surface area contributed by atoms with Gasteiger partial charge in [-0.1, -0.05) is 133 Å². The first-order valence-electron chi connectivity index (χ1n) is 19.3. The summed E-state index contributed by atoms with van der Waals surface area (Å²) in [7, 11) is 0. The number of rotatable bonds is 7. The Morgan fingerprint density at radius 1 is 0.281 bits per heavy atom. The van der Waals surface area contributed by atoms with Gasteiger partial charge in [0, 0.05) is 48.0 Å². The van der Waals surface area contributed by atoms with Crippen LogP contribution in [-0.2, 0) is 0 Å². The van der Waals surface area contributed by atoms with Gasteiger partial charge in [-0.25, -0.2) is 0 Å². The molecule has 11 rings (SSSR count). The van der Waals surface area contributed by atoms with Crippen molar-refractivity contribution in [2.45, 2.75) is 0 Å². The Kier molecular flexibility index (Phi) is 8.04. The summed E-state index contributed by atoms with van der Waals surface area (Å²) in [6.07, 6.45) is 0. The molecule has 0 N–H and O–H groups in total. The van der Waals surface area contributed by atoms with Gasteiger partial charge in [0.1, 0.15) is 11.2 Å². The van der Waals surface area contributed by atoms with E-state index in [1.165, 1.54) is 64.7 Å². The highest BCUT2D eigenvalue weighted by Gasteiger charge is 2.18. The SMILES string of the molecule is c1ccc(-c2cc(-c3ccccc3)cc(N(c3ccccc3)c3ccc4sc5ccc(-c6ccc(-c7ccc8oc9ccccc9c8c7)cc6)cc5c4c3)c2)cc1.